The summed E-state index contributed by atoms with van der Waals surface area (Å²) in [6.07, 6.45) is 0. The molecule has 148 valence electrons. The highest BCUT2D eigenvalue weighted by Gasteiger charge is 2.21. The van der Waals surface area contributed by atoms with E-state index in [0.717, 1.165) is 16.3 Å². The van der Waals surface area contributed by atoms with Crippen LogP contribution in [0, 0.1) is 11.7 Å². The molecule has 29 heavy (non-hydrogen) atoms. The lowest BCUT2D eigenvalue weighted by Crippen LogP contribution is -2.41. The van der Waals surface area contributed by atoms with Crippen molar-refractivity contribution in [2.45, 2.75) is 19.9 Å². The van der Waals surface area contributed by atoms with Crippen LogP contribution in [-0.2, 0) is 0 Å². The second-order valence-corrected chi connectivity index (χ2v) is 7.52. The number of amides is 1. The molecular weight excluding hydrogens is 369 g/mol. The number of nitrogens with one attached hydrogen (secondary N) is 2. The first-order chi connectivity index (χ1) is 14.0. The standard InChI is InChI=1S/C23H22FN3O2/c1-13(2)21(12-28)25-23(29)17-10-18-20(11-19(17)24)26-27-22(18)16-8-7-14-5-3-4-6-15(14)9-16/h3-11,13,21,28H,12H2,1-2H3,(H,25,29)(H,26,27)/t21-/m1/s1. The molecule has 1 amide bonds. The fourth-order valence-corrected chi connectivity index (χ4v) is 3.44. The Bertz CT molecular complexity index is 1200. The third kappa shape index (κ3) is 3.59. The summed E-state index contributed by atoms with van der Waals surface area (Å²) >= 11 is 0. The van der Waals surface area contributed by atoms with E-state index >= 15 is 0 Å². The van der Waals surface area contributed by atoms with Crippen molar-refractivity contribution in [3.63, 3.8) is 0 Å². The largest absolute Gasteiger partial charge is 0.394 e. The minimum absolute atomic E-state index is 0.0258. The van der Waals surface area contributed by atoms with E-state index in [-0.39, 0.29) is 18.1 Å². The number of rotatable bonds is 5. The monoisotopic (exact) mass is 391 g/mol. The van der Waals surface area contributed by atoms with Crippen molar-refractivity contribution in [1.29, 1.82) is 0 Å². The van der Waals surface area contributed by atoms with Crippen molar-refractivity contribution in [3.05, 3.63) is 66.0 Å². The van der Waals surface area contributed by atoms with Gasteiger partial charge in [-0.25, -0.2) is 4.39 Å². The van der Waals surface area contributed by atoms with E-state index in [1.54, 1.807) is 0 Å². The van der Waals surface area contributed by atoms with E-state index in [2.05, 4.69) is 15.5 Å². The maximum atomic E-state index is 14.6. The second kappa shape index (κ2) is 7.64. The zero-order valence-electron chi connectivity index (χ0n) is 16.2. The number of aliphatic hydroxyl groups excluding tert-OH is 1. The molecule has 0 aliphatic rings. The van der Waals surface area contributed by atoms with Gasteiger partial charge in [-0.15, -0.1) is 0 Å². The molecule has 0 unspecified atom stereocenters. The molecular formula is C23H22FN3O2. The summed E-state index contributed by atoms with van der Waals surface area (Å²) in [6.45, 7) is 3.56. The summed E-state index contributed by atoms with van der Waals surface area (Å²) in [5.74, 6) is -1.16. The zero-order chi connectivity index (χ0) is 20.5. The molecule has 0 saturated heterocycles. The number of fused-ring (bicyclic) bond motifs is 2. The van der Waals surface area contributed by atoms with Crippen LogP contribution >= 0.6 is 0 Å². The normalized spacial score (nSPS) is 12.6. The van der Waals surface area contributed by atoms with Gasteiger partial charge in [0.25, 0.3) is 5.91 Å². The molecule has 4 rings (SSSR count). The minimum atomic E-state index is -0.635. The molecule has 3 N–H and O–H groups in total. The Labute approximate surface area is 167 Å². The Morgan fingerprint density at radius 2 is 1.90 bits per heavy atom. The summed E-state index contributed by atoms with van der Waals surface area (Å²) in [6, 6.07) is 16.4. The van der Waals surface area contributed by atoms with Gasteiger partial charge in [-0.3, -0.25) is 9.89 Å². The van der Waals surface area contributed by atoms with Gasteiger partial charge in [-0.1, -0.05) is 50.2 Å². The van der Waals surface area contributed by atoms with Crippen molar-refractivity contribution in [2.24, 2.45) is 5.92 Å². The summed E-state index contributed by atoms with van der Waals surface area (Å²) in [5.41, 5.74) is 1.98. The van der Waals surface area contributed by atoms with Gasteiger partial charge in [0.05, 0.1) is 29.4 Å². The van der Waals surface area contributed by atoms with E-state index in [1.807, 2.05) is 56.3 Å². The van der Waals surface area contributed by atoms with Gasteiger partial charge in [-0.05, 0) is 28.8 Å². The fraction of sp³-hybridized carbons (Fsp3) is 0.217. The molecule has 0 spiro atoms. The fourth-order valence-electron chi connectivity index (χ4n) is 3.44. The average Bonchev–Trinajstić information content (AvgIpc) is 3.13. The van der Waals surface area contributed by atoms with Crippen molar-refractivity contribution in [3.8, 4) is 11.3 Å². The van der Waals surface area contributed by atoms with E-state index in [4.69, 9.17) is 0 Å². The van der Waals surface area contributed by atoms with Crippen molar-refractivity contribution in [2.75, 3.05) is 6.61 Å². The Morgan fingerprint density at radius 1 is 1.14 bits per heavy atom. The zero-order valence-corrected chi connectivity index (χ0v) is 16.2. The molecule has 1 heterocycles. The molecule has 5 nitrogen and oxygen atoms in total. The smallest absolute Gasteiger partial charge is 0.254 e. The molecule has 0 bridgehead atoms. The van der Waals surface area contributed by atoms with Crippen LogP contribution in [0.25, 0.3) is 32.9 Å². The van der Waals surface area contributed by atoms with Crippen LogP contribution in [0.15, 0.2) is 54.6 Å². The van der Waals surface area contributed by atoms with Crippen molar-refractivity contribution in [1.82, 2.24) is 15.5 Å². The topological polar surface area (TPSA) is 78.0 Å². The van der Waals surface area contributed by atoms with Crippen LogP contribution in [0.4, 0.5) is 4.39 Å². The molecule has 0 aliphatic carbocycles. The molecule has 6 heteroatoms. The lowest BCUT2D eigenvalue weighted by molar-refractivity contribution is 0.0893. The highest BCUT2D eigenvalue weighted by atomic mass is 19.1. The van der Waals surface area contributed by atoms with Crippen LogP contribution < -0.4 is 5.32 Å². The van der Waals surface area contributed by atoms with Crippen LogP contribution in [0.3, 0.4) is 0 Å². The van der Waals surface area contributed by atoms with Gasteiger partial charge < -0.3 is 10.4 Å². The predicted molar refractivity (Wildman–Crippen MR) is 112 cm³/mol. The minimum Gasteiger partial charge on any atom is -0.394 e. The summed E-state index contributed by atoms with van der Waals surface area (Å²) < 4.78 is 14.6. The molecule has 0 aliphatic heterocycles. The van der Waals surface area contributed by atoms with Crippen LogP contribution in [0.2, 0.25) is 0 Å². The van der Waals surface area contributed by atoms with Crippen LogP contribution in [0.5, 0.6) is 0 Å². The first-order valence-electron chi connectivity index (χ1n) is 9.56. The molecule has 0 saturated carbocycles. The molecule has 0 fully saturated rings. The van der Waals surface area contributed by atoms with E-state index in [1.165, 1.54) is 12.1 Å². The number of hydrogen-bond donors (Lipinski definition) is 3. The quantitative estimate of drug-likeness (QED) is 0.475. The van der Waals surface area contributed by atoms with E-state index in [9.17, 15) is 14.3 Å². The van der Waals surface area contributed by atoms with Crippen LogP contribution in [0.1, 0.15) is 24.2 Å². The Balaban J connectivity index is 1.77. The van der Waals surface area contributed by atoms with Gasteiger partial charge in [0.15, 0.2) is 0 Å². The number of benzene rings is 3. The highest BCUT2D eigenvalue weighted by Crippen LogP contribution is 2.30. The number of aromatic nitrogens is 2. The Hall–Kier alpha value is -3.25. The third-order valence-electron chi connectivity index (χ3n) is 5.24. The summed E-state index contributed by atoms with van der Waals surface area (Å²) in [5, 5.41) is 22.2. The maximum absolute atomic E-state index is 14.6. The van der Waals surface area contributed by atoms with Crippen LogP contribution in [-0.4, -0.2) is 33.9 Å². The number of carbonyl (C=O) groups excluding carboxylic acids is 1. The van der Waals surface area contributed by atoms with Gasteiger partial charge in [0.2, 0.25) is 0 Å². The number of aromatic amines is 1. The highest BCUT2D eigenvalue weighted by molar-refractivity contribution is 6.02. The molecule has 3 aromatic carbocycles. The summed E-state index contributed by atoms with van der Waals surface area (Å²) in [7, 11) is 0. The number of H-pyrrole nitrogens is 1. The van der Waals surface area contributed by atoms with E-state index < -0.39 is 17.8 Å². The number of hydrogen-bond acceptors (Lipinski definition) is 3. The number of carbonyl (C=O) groups is 1. The predicted octanol–water partition coefficient (Wildman–Crippen LogP) is 4.27. The lowest BCUT2D eigenvalue weighted by atomic mass is 10.0. The first-order valence-corrected chi connectivity index (χ1v) is 9.56. The van der Waals surface area contributed by atoms with Crippen molar-refractivity contribution >= 4 is 27.6 Å². The average molecular weight is 391 g/mol. The van der Waals surface area contributed by atoms with E-state index in [0.29, 0.717) is 16.6 Å². The van der Waals surface area contributed by atoms with Gasteiger partial charge in [0, 0.05) is 17.0 Å². The first kappa shape index (κ1) is 19.1. The Kier molecular flexibility index (Phi) is 5.03. The van der Waals surface area contributed by atoms with Crippen molar-refractivity contribution < 1.29 is 14.3 Å². The number of nitrogens with zero attached hydrogens (tertiary/aromatic N) is 1. The second-order valence-electron chi connectivity index (χ2n) is 7.52. The third-order valence-corrected chi connectivity index (χ3v) is 5.24. The molecule has 1 atom stereocenters. The SMILES string of the molecule is CC(C)[C@@H](CO)NC(=O)c1cc2c(-c3ccc4ccccc4c3)n[nH]c2cc1F. The maximum Gasteiger partial charge on any atom is 0.254 e. The Morgan fingerprint density at radius 3 is 2.62 bits per heavy atom. The van der Waals surface area contributed by atoms with Gasteiger partial charge in [0.1, 0.15) is 5.82 Å². The lowest BCUT2D eigenvalue weighted by Gasteiger charge is -2.20. The molecule has 4 aromatic rings. The van der Waals surface area contributed by atoms with Gasteiger partial charge >= 0.3 is 0 Å². The summed E-state index contributed by atoms with van der Waals surface area (Å²) in [4.78, 5) is 12.6. The van der Waals surface area contributed by atoms with Gasteiger partial charge in [-0.2, -0.15) is 5.10 Å². The number of halogens is 1. The number of aliphatic hydroxyl groups is 1. The molecule has 0 radical (unpaired) electrons. The molecule has 1 aromatic heterocycles.